The highest BCUT2D eigenvalue weighted by atomic mass is 35.5. The second-order valence-corrected chi connectivity index (χ2v) is 9.40. The predicted octanol–water partition coefficient (Wildman–Crippen LogP) is 6.02. The molecule has 1 aliphatic rings. The van der Waals surface area contributed by atoms with Gasteiger partial charge in [0.05, 0.1) is 42.5 Å². The number of aliphatic hydroxyl groups is 1. The van der Waals surface area contributed by atoms with E-state index in [-0.39, 0.29) is 32.7 Å². The summed E-state index contributed by atoms with van der Waals surface area (Å²) in [7, 11) is 4.32. The number of nitrogens with zero attached hydrogens (tertiary/aromatic N) is 1. The first kappa shape index (κ1) is 24.9. The second kappa shape index (κ2) is 9.81. The Hall–Kier alpha value is -3.20. The molecule has 3 aromatic rings. The Balaban J connectivity index is 1.99. The maximum absolute atomic E-state index is 13.4. The zero-order valence-corrected chi connectivity index (χ0v) is 21.5. The number of ether oxygens (including phenoxy) is 3. The average molecular weight is 534 g/mol. The lowest BCUT2D eigenvalue weighted by molar-refractivity contribution is -0.132. The molecule has 0 bridgehead atoms. The summed E-state index contributed by atoms with van der Waals surface area (Å²) in [6.07, 6.45) is 0. The SMILES string of the molecule is COc1ccc(N2C(=O)C(=O)/C(=C(/O)c3cc(OC)c(Cl)cc3OC)C2c2sccc2C)cc1Cl. The summed E-state index contributed by atoms with van der Waals surface area (Å²) in [6, 6.07) is 8.72. The molecule has 2 heterocycles. The molecule has 182 valence electrons. The van der Waals surface area contributed by atoms with Crippen LogP contribution in [-0.2, 0) is 9.59 Å². The number of ketones is 1. The average Bonchev–Trinajstić information content (AvgIpc) is 3.38. The van der Waals surface area contributed by atoms with Crippen molar-refractivity contribution in [2.24, 2.45) is 0 Å². The molecule has 1 aromatic heterocycles. The van der Waals surface area contributed by atoms with Crippen LogP contribution < -0.4 is 19.1 Å². The van der Waals surface area contributed by atoms with Gasteiger partial charge in [0, 0.05) is 16.6 Å². The van der Waals surface area contributed by atoms with Crippen LogP contribution in [-0.4, -0.2) is 38.1 Å². The van der Waals surface area contributed by atoms with Crippen LogP contribution >= 0.6 is 34.5 Å². The van der Waals surface area contributed by atoms with Crippen LogP contribution in [0.15, 0.2) is 47.4 Å². The number of hydrogen-bond acceptors (Lipinski definition) is 7. The molecule has 1 aliphatic heterocycles. The van der Waals surface area contributed by atoms with Gasteiger partial charge in [-0.1, -0.05) is 23.2 Å². The molecule has 10 heteroatoms. The number of carbonyl (C=O) groups is 2. The molecule has 0 aliphatic carbocycles. The molecule has 1 unspecified atom stereocenters. The van der Waals surface area contributed by atoms with E-state index in [9.17, 15) is 14.7 Å². The molecule has 1 fully saturated rings. The Labute approximate surface area is 216 Å². The number of benzene rings is 2. The zero-order chi connectivity index (χ0) is 25.4. The molecule has 2 aromatic carbocycles. The van der Waals surface area contributed by atoms with Gasteiger partial charge in [0.1, 0.15) is 29.0 Å². The van der Waals surface area contributed by atoms with Gasteiger partial charge in [-0.15, -0.1) is 11.3 Å². The van der Waals surface area contributed by atoms with Crippen LogP contribution in [0.1, 0.15) is 22.0 Å². The monoisotopic (exact) mass is 533 g/mol. The van der Waals surface area contributed by atoms with E-state index in [1.54, 1.807) is 18.2 Å². The van der Waals surface area contributed by atoms with Crippen molar-refractivity contribution in [2.75, 3.05) is 26.2 Å². The number of methoxy groups -OCH3 is 3. The van der Waals surface area contributed by atoms with Crippen LogP contribution in [0.5, 0.6) is 17.2 Å². The molecule has 1 N–H and O–H groups in total. The first-order valence-electron chi connectivity index (χ1n) is 10.3. The van der Waals surface area contributed by atoms with E-state index in [2.05, 4.69) is 0 Å². The van der Waals surface area contributed by atoms with E-state index in [0.29, 0.717) is 11.4 Å². The lowest BCUT2D eigenvalue weighted by Crippen LogP contribution is -2.29. The number of rotatable bonds is 6. The minimum atomic E-state index is -0.897. The topological polar surface area (TPSA) is 85.3 Å². The summed E-state index contributed by atoms with van der Waals surface area (Å²) < 4.78 is 15.9. The Morgan fingerprint density at radius 2 is 1.60 bits per heavy atom. The summed E-state index contributed by atoms with van der Waals surface area (Å²) in [6.45, 7) is 1.87. The number of anilines is 1. The normalized spacial score (nSPS) is 17.1. The third kappa shape index (κ3) is 4.22. The van der Waals surface area contributed by atoms with E-state index in [1.807, 2.05) is 18.4 Å². The van der Waals surface area contributed by atoms with E-state index in [4.69, 9.17) is 37.4 Å². The van der Waals surface area contributed by atoms with Crippen molar-refractivity contribution in [3.8, 4) is 17.2 Å². The molecule has 0 saturated carbocycles. The molecule has 0 spiro atoms. The first-order valence-corrected chi connectivity index (χ1v) is 12.0. The van der Waals surface area contributed by atoms with Crippen molar-refractivity contribution in [2.45, 2.75) is 13.0 Å². The summed E-state index contributed by atoms with van der Waals surface area (Å²) >= 11 is 13.9. The van der Waals surface area contributed by atoms with E-state index >= 15 is 0 Å². The number of aryl methyl sites for hydroxylation is 1. The van der Waals surface area contributed by atoms with Gasteiger partial charge in [-0.25, -0.2) is 0 Å². The van der Waals surface area contributed by atoms with Gasteiger partial charge in [0.25, 0.3) is 11.7 Å². The van der Waals surface area contributed by atoms with Crippen molar-refractivity contribution >= 4 is 57.7 Å². The number of Topliss-reactive ketones (excluding diaryl/α,β-unsaturated/α-hetero) is 1. The summed E-state index contributed by atoms with van der Waals surface area (Å²) in [4.78, 5) is 28.8. The number of hydrogen-bond donors (Lipinski definition) is 1. The van der Waals surface area contributed by atoms with Crippen LogP contribution in [0.2, 0.25) is 10.0 Å². The lowest BCUT2D eigenvalue weighted by atomic mass is 9.97. The standard InChI is InChI=1S/C25H21Cl2NO6S/c1-12-7-8-35-24(12)21-20(22(29)14-10-19(34-4)16(27)11-18(14)33-3)23(30)25(31)28(21)13-5-6-17(32-2)15(26)9-13/h5-11,21,29H,1-4H3/b22-20+. The largest absolute Gasteiger partial charge is 0.507 e. The minimum absolute atomic E-state index is 0.0878. The Morgan fingerprint density at radius 3 is 2.17 bits per heavy atom. The Kier molecular flexibility index (Phi) is 6.98. The van der Waals surface area contributed by atoms with Gasteiger partial charge in [-0.05, 0) is 48.2 Å². The van der Waals surface area contributed by atoms with E-state index in [0.717, 1.165) is 10.4 Å². The first-order chi connectivity index (χ1) is 16.7. The summed E-state index contributed by atoms with van der Waals surface area (Å²) in [5.41, 5.74) is 1.32. The van der Waals surface area contributed by atoms with Crippen LogP contribution in [0.4, 0.5) is 5.69 Å². The van der Waals surface area contributed by atoms with Gasteiger partial charge in [-0.3, -0.25) is 14.5 Å². The fraction of sp³-hybridized carbons (Fsp3) is 0.200. The molecule has 0 radical (unpaired) electrons. The number of amides is 1. The van der Waals surface area contributed by atoms with Crippen molar-refractivity contribution in [1.29, 1.82) is 0 Å². The number of thiophene rings is 1. The molecule has 4 rings (SSSR count). The van der Waals surface area contributed by atoms with Crippen LogP contribution in [0, 0.1) is 6.92 Å². The van der Waals surface area contributed by atoms with E-state index in [1.165, 1.54) is 49.7 Å². The summed E-state index contributed by atoms with van der Waals surface area (Å²) in [5.74, 6) is -1.14. The van der Waals surface area contributed by atoms with Crippen LogP contribution in [0.25, 0.3) is 5.76 Å². The Morgan fingerprint density at radius 1 is 0.943 bits per heavy atom. The maximum atomic E-state index is 13.4. The zero-order valence-electron chi connectivity index (χ0n) is 19.2. The predicted molar refractivity (Wildman–Crippen MR) is 136 cm³/mol. The fourth-order valence-corrected chi connectivity index (χ4v) is 5.51. The molecule has 35 heavy (non-hydrogen) atoms. The van der Waals surface area contributed by atoms with Gasteiger partial charge in [0.2, 0.25) is 0 Å². The molecule has 1 amide bonds. The van der Waals surface area contributed by atoms with Gasteiger partial charge < -0.3 is 19.3 Å². The number of aliphatic hydroxyl groups excluding tert-OH is 1. The number of halogens is 2. The van der Waals surface area contributed by atoms with Gasteiger partial charge in [0.15, 0.2) is 0 Å². The minimum Gasteiger partial charge on any atom is -0.507 e. The van der Waals surface area contributed by atoms with Crippen molar-refractivity contribution in [1.82, 2.24) is 0 Å². The Bertz CT molecular complexity index is 1370. The van der Waals surface area contributed by atoms with Crippen LogP contribution in [0.3, 0.4) is 0 Å². The quantitative estimate of drug-likeness (QED) is 0.237. The molecule has 7 nitrogen and oxygen atoms in total. The van der Waals surface area contributed by atoms with E-state index < -0.39 is 23.5 Å². The van der Waals surface area contributed by atoms with Crippen molar-refractivity contribution < 1.29 is 28.9 Å². The fourth-order valence-electron chi connectivity index (χ4n) is 4.01. The maximum Gasteiger partial charge on any atom is 0.300 e. The van der Waals surface area contributed by atoms with Crippen molar-refractivity contribution in [3.05, 3.63) is 73.4 Å². The lowest BCUT2D eigenvalue weighted by Gasteiger charge is -2.25. The van der Waals surface area contributed by atoms with Gasteiger partial charge >= 0.3 is 0 Å². The highest BCUT2D eigenvalue weighted by molar-refractivity contribution is 7.10. The number of carbonyl (C=O) groups excluding carboxylic acids is 2. The second-order valence-electron chi connectivity index (χ2n) is 7.64. The summed E-state index contributed by atoms with van der Waals surface area (Å²) in [5, 5.41) is 13.9. The van der Waals surface area contributed by atoms with Crippen molar-refractivity contribution in [3.63, 3.8) is 0 Å². The highest BCUT2D eigenvalue weighted by Crippen LogP contribution is 2.47. The molecular formula is C25H21Cl2NO6S. The molecule has 1 atom stereocenters. The smallest absolute Gasteiger partial charge is 0.300 e. The highest BCUT2D eigenvalue weighted by Gasteiger charge is 2.48. The van der Waals surface area contributed by atoms with Gasteiger partial charge in [-0.2, -0.15) is 0 Å². The molecule has 1 saturated heterocycles. The third-order valence-electron chi connectivity index (χ3n) is 5.74. The third-order valence-corrected chi connectivity index (χ3v) is 7.40. The molecular weight excluding hydrogens is 513 g/mol.